The molecule has 0 N–H and O–H groups in total. The minimum atomic E-state index is 0.599. The van der Waals surface area contributed by atoms with Crippen LogP contribution in [0.1, 0.15) is 11.3 Å². The number of allylic oxidation sites excluding steroid dienone is 1. The Morgan fingerprint density at radius 2 is 1.72 bits per heavy atom. The first-order valence-electron chi connectivity index (χ1n) is 7.91. The van der Waals surface area contributed by atoms with E-state index in [1.54, 1.807) is 12.1 Å². The maximum atomic E-state index is 9.54. The number of rotatable bonds is 4. The number of benzene rings is 2. The fraction of sp³-hybridized carbons (Fsp3) is 0.0952. The second-order valence-electron chi connectivity index (χ2n) is 5.89. The van der Waals surface area contributed by atoms with Gasteiger partial charge in [-0.1, -0.05) is 23.7 Å². The lowest BCUT2D eigenvalue weighted by Crippen LogP contribution is -2.08. The highest BCUT2D eigenvalue weighted by molar-refractivity contribution is 6.30. The summed E-state index contributed by atoms with van der Waals surface area (Å²) in [6.45, 7) is 0. The first-order valence-corrected chi connectivity index (χ1v) is 8.29. The lowest BCUT2D eigenvalue weighted by Gasteiger charge is -2.14. The Labute approximate surface area is 153 Å². The second-order valence-corrected chi connectivity index (χ2v) is 6.33. The molecular formula is C21H18ClN3. The zero-order valence-corrected chi connectivity index (χ0v) is 14.9. The van der Waals surface area contributed by atoms with Crippen LogP contribution in [0.25, 0.3) is 17.3 Å². The van der Waals surface area contributed by atoms with Crippen molar-refractivity contribution in [3.05, 3.63) is 83.1 Å². The molecule has 124 valence electrons. The van der Waals surface area contributed by atoms with Crippen molar-refractivity contribution in [3.63, 3.8) is 0 Å². The fourth-order valence-electron chi connectivity index (χ4n) is 2.62. The van der Waals surface area contributed by atoms with Gasteiger partial charge in [-0.15, -0.1) is 0 Å². The first kappa shape index (κ1) is 16.9. The molecular weight excluding hydrogens is 330 g/mol. The average molecular weight is 348 g/mol. The molecule has 0 aliphatic rings. The molecule has 0 aliphatic heterocycles. The second kappa shape index (κ2) is 7.29. The molecule has 0 amide bonds. The van der Waals surface area contributed by atoms with Crippen molar-refractivity contribution in [2.45, 2.75) is 0 Å². The summed E-state index contributed by atoms with van der Waals surface area (Å²) in [5.41, 5.74) is 4.59. The summed E-state index contributed by atoms with van der Waals surface area (Å²) in [7, 11) is 4.04. The van der Waals surface area contributed by atoms with Crippen LogP contribution in [0.3, 0.4) is 0 Å². The summed E-state index contributed by atoms with van der Waals surface area (Å²) in [5.74, 6) is 0. The van der Waals surface area contributed by atoms with Crippen LogP contribution in [0, 0.1) is 11.3 Å². The molecule has 2 aromatic carbocycles. The van der Waals surface area contributed by atoms with Crippen molar-refractivity contribution in [2.24, 2.45) is 0 Å². The molecule has 3 rings (SSSR count). The summed E-state index contributed by atoms with van der Waals surface area (Å²) in [5, 5.41) is 10.2. The lowest BCUT2D eigenvalue weighted by molar-refractivity contribution is 1.06. The Hall–Kier alpha value is -2.96. The highest BCUT2D eigenvalue weighted by Crippen LogP contribution is 2.23. The topological polar surface area (TPSA) is 32.0 Å². The van der Waals surface area contributed by atoms with E-state index in [1.807, 2.05) is 50.6 Å². The highest BCUT2D eigenvalue weighted by Gasteiger charge is 2.06. The van der Waals surface area contributed by atoms with Crippen LogP contribution >= 0.6 is 11.6 Å². The Morgan fingerprint density at radius 1 is 1.04 bits per heavy atom. The van der Waals surface area contributed by atoms with Gasteiger partial charge in [0, 0.05) is 42.4 Å². The van der Waals surface area contributed by atoms with Gasteiger partial charge in [0.05, 0.1) is 11.6 Å². The molecule has 25 heavy (non-hydrogen) atoms. The Bertz CT molecular complexity index is 927. The van der Waals surface area contributed by atoms with E-state index in [0.29, 0.717) is 10.6 Å². The van der Waals surface area contributed by atoms with E-state index in [4.69, 9.17) is 11.6 Å². The summed E-state index contributed by atoms with van der Waals surface area (Å²) in [6.07, 6.45) is 3.89. The molecule has 0 radical (unpaired) electrons. The van der Waals surface area contributed by atoms with Crippen molar-refractivity contribution >= 4 is 28.9 Å². The van der Waals surface area contributed by atoms with E-state index in [9.17, 15) is 5.26 Å². The predicted octanol–water partition coefficient (Wildman–Crippen LogP) is 5.26. The van der Waals surface area contributed by atoms with Gasteiger partial charge in [-0.05, 0) is 60.2 Å². The SMILES string of the molecule is CN(C)c1ccc(-n2cccc2C=C(C#N)c2ccc(Cl)cc2)cc1. The van der Waals surface area contributed by atoms with Gasteiger partial charge >= 0.3 is 0 Å². The third-order valence-corrected chi connectivity index (χ3v) is 4.24. The Balaban J connectivity index is 1.98. The predicted molar refractivity (Wildman–Crippen MR) is 105 cm³/mol. The van der Waals surface area contributed by atoms with Crippen molar-refractivity contribution in [3.8, 4) is 11.8 Å². The third-order valence-electron chi connectivity index (χ3n) is 3.99. The van der Waals surface area contributed by atoms with E-state index in [-0.39, 0.29) is 0 Å². The zero-order valence-electron chi connectivity index (χ0n) is 14.1. The number of aromatic nitrogens is 1. The molecule has 1 aromatic heterocycles. The number of halogens is 1. The van der Waals surface area contributed by atoms with Gasteiger partial charge < -0.3 is 9.47 Å². The molecule has 3 aromatic rings. The first-order chi connectivity index (χ1) is 12.1. The Morgan fingerprint density at radius 3 is 2.32 bits per heavy atom. The van der Waals surface area contributed by atoms with Crippen LogP contribution in [-0.4, -0.2) is 18.7 Å². The van der Waals surface area contributed by atoms with Gasteiger partial charge in [-0.2, -0.15) is 5.26 Å². The van der Waals surface area contributed by atoms with Gasteiger partial charge in [0.15, 0.2) is 0 Å². The molecule has 0 saturated carbocycles. The van der Waals surface area contributed by atoms with Crippen LogP contribution in [-0.2, 0) is 0 Å². The molecule has 1 heterocycles. The van der Waals surface area contributed by atoms with E-state index < -0.39 is 0 Å². The van der Waals surface area contributed by atoms with Crippen molar-refractivity contribution in [2.75, 3.05) is 19.0 Å². The average Bonchev–Trinajstić information content (AvgIpc) is 3.09. The zero-order chi connectivity index (χ0) is 17.8. The molecule has 0 aliphatic carbocycles. The molecule has 0 atom stereocenters. The number of hydrogen-bond donors (Lipinski definition) is 0. The standard InChI is InChI=1S/C21H18ClN3/c1-24(2)19-9-11-20(12-10-19)25-13-3-4-21(25)14-17(15-23)16-5-7-18(22)8-6-16/h3-14H,1-2H3. The molecule has 0 fully saturated rings. The van der Waals surface area contributed by atoms with Crippen LogP contribution in [0.4, 0.5) is 5.69 Å². The number of nitriles is 1. The molecule has 3 nitrogen and oxygen atoms in total. The van der Waals surface area contributed by atoms with Crippen LogP contribution < -0.4 is 4.90 Å². The lowest BCUT2D eigenvalue weighted by atomic mass is 10.1. The smallest absolute Gasteiger partial charge is 0.0998 e. The van der Waals surface area contributed by atoms with E-state index in [0.717, 1.165) is 22.6 Å². The minimum Gasteiger partial charge on any atom is -0.378 e. The highest BCUT2D eigenvalue weighted by atomic mass is 35.5. The van der Waals surface area contributed by atoms with Crippen molar-refractivity contribution < 1.29 is 0 Å². The van der Waals surface area contributed by atoms with Crippen molar-refractivity contribution in [1.29, 1.82) is 5.26 Å². The summed E-state index contributed by atoms with van der Waals surface area (Å²) >= 11 is 5.93. The maximum Gasteiger partial charge on any atom is 0.0998 e. The molecule has 0 unspecified atom stereocenters. The monoisotopic (exact) mass is 347 g/mol. The van der Waals surface area contributed by atoms with E-state index >= 15 is 0 Å². The van der Waals surface area contributed by atoms with Gasteiger partial charge in [0.25, 0.3) is 0 Å². The molecule has 0 bridgehead atoms. The van der Waals surface area contributed by atoms with Gasteiger partial charge in [0.2, 0.25) is 0 Å². The van der Waals surface area contributed by atoms with E-state index in [2.05, 4.69) is 39.8 Å². The fourth-order valence-corrected chi connectivity index (χ4v) is 2.74. The molecule has 0 spiro atoms. The van der Waals surface area contributed by atoms with Crippen LogP contribution in [0.5, 0.6) is 0 Å². The largest absolute Gasteiger partial charge is 0.378 e. The Kier molecular flexibility index (Phi) is 4.92. The van der Waals surface area contributed by atoms with Crippen molar-refractivity contribution in [1.82, 2.24) is 4.57 Å². The van der Waals surface area contributed by atoms with Crippen LogP contribution in [0.15, 0.2) is 66.9 Å². The molecule has 4 heteroatoms. The number of nitrogens with zero attached hydrogens (tertiary/aromatic N) is 3. The minimum absolute atomic E-state index is 0.599. The quantitative estimate of drug-likeness (QED) is 0.603. The number of hydrogen-bond acceptors (Lipinski definition) is 2. The third kappa shape index (κ3) is 3.76. The maximum absolute atomic E-state index is 9.54. The normalized spacial score (nSPS) is 11.2. The summed E-state index contributed by atoms with van der Waals surface area (Å²) < 4.78 is 2.06. The van der Waals surface area contributed by atoms with Crippen LogP contribution in [0.2, 0.25) is 5.02 Å². The van der Waals surface area contributed by atoms with Gasteiger partial charge in [0.1, 0.15) is 0 Å². The summed E-state index contributed by atoms with van der Waals surface area (Å²) in [6, 6.07) is 21.8. The van der Waals surface area contributed by atoms with Gasteiger partial charge in [-0.3, -0.25) is 0 Å². The molecule has 0 saturated heterocycles. The van der Waals surface area contributed by atoms with Gasteiger partial charge in [-0.25, -0.2) is 0 Å². The van der Waals surface area contributed by atoms with E-state index in [1.165, 1.54) is 0 Å². The number of anilines is 1. The summed E-state index contributed by atoms with van der Waals surface area (Å²) in [4.78, 5) is 2.06.